The first kappa shape index (κ1) is 15.6. The lowest BCUT2D eigenvalue weighted by atomic mass is 10.1. The summed E-state index contributed by atoms with van der Waals surface area (Å²) in [7, 11) is 0. The molecule has 110 valence electrons. The maximum Gasteiger partial charge on any atom is 0.258 e. The van der Waals surface area contributed by atoms with Crippen LogP contribution in [0, 0.1) is 6.92 Å². The van der Waals surface area contributed by atoms with E-state index >= 15 is 0 Å². The van der Waals surface area contributed by atoms with Crippen molar-refractivity contribution < 1.29 is 9.53 Å². The van der Waals surface area contributed by atoms with Crippen LogP contribution in [0.25, 0.3) is 0 Å². The summed E-state index contributed by atoms with van der Waals surface area (Å²) in [6.07, 6.45) is 0. The van der Waals surface area contributed by atoms with E-state index in [1.165, 1.54) is 0 Å². The molecule has 0 aliphatic rings. The van der Waals surface area contributed by atoms with Crippen molar-refractivity contribution in [2.24, 2.45) is 0 Å². The number of nitrogens with one attached hydrogen (secondary N) is 1. The summed E-state index contributed by atoms with van der Waals surface area (Å²) < 4.78 is 6.38. The summed E-state index contributed by atoms with van der Waals surface area (Å²) in [5.74, 6) is 0.530. The molecule has 0 saturated heterocycles. The van der Waals surface area contributed by atoms with Crippen molar-refractivity contribution in [1.29, 1.82) is 0 Å². The molecule has 0 radical (unpaired) electrons. The molecule has 4 heteroatoms. The minimum atomic E-state index is -0.140. The number of carbonyl (C=O) groups excluding carboxylic acids is 1. The number of amides is 1. The van der Waals surface area contributed by atoms with Crippen molar-refractivity contribution in [3.05, 3.63) is 64.1 Å². The number of halogens is 1. The third-order valence-electron chi connectivity index (χ3n) is 3.12. The normalized spacial score (nSPS) is 11.8. The van der Waals surface area contributed by atoms with E-state index in [1.807, 2.05) is 62.4 Å². The molecule has 0 bridgehead atoms. The molecule has 0 unspecified atom stereocenters. The Morgan fingerprint density at radius 1 is 1.24 bits per heavy atom. The maximum atomic E-state index is 11.9. The van der Waals surface area contributed by atoms with E-state index in [4.69, 9.17) is 4.74 Å². The summed E-state index contributed by atoms with van der Waals surface area (Å²) >= 11 is 3.43. The highest BCUT2D eigenvalue weighted by Gasteiger charge is 2.10. The summed E-state index contributed by atoms with van der Waals surface area (Å²) in [6, 6.07) is 15.6. The smallest absolute Gasteiger partial charge is 0.258 e. The van der Waals surface area contributed by atoms with Gasteiger partial charge in [-0.05, 0) is 53.0 Å². The quantitative estimate of drug-likeness (QED) is 0.887. The SMILES string of the molecule is Cc1ccc(OCC(=O)N[C@@H](C)c2ccccc2)c(Br)c1. The van der Waals surface area contributed by atoms with Gasteiger partial charge >= 0.3 is 0 Å². The number of carbonyl (C=O) groups is 1. The van der Waals surface area contributed by atoms with Crippen molar-refractivity contribution >= 4 is 21.8 Å². The van der Waals surface area contributed by atoms with Crippen LogP contribution < -0.4 is 10.1 Å². The number of hydrogen-bond donors (Lipinski definition) is 1. The van der Waals surface area contributed by atoms with E-state index in [0.717, 1.165) is 15.6 Å². The van der Waals surface area contributed by atoms with Crippen molar-refractivity contribution in [3.63, 3.8) is 0 Å². The Balaban J connectivity index is 1.87. The summed E-state index contributed by atoms with van der Waals surface area (Å²) in [5.41, 5.74) is 2.21. The van der Waals surface area contributed by atoms with Gasteiger partial charge in [0.25, 0.3) is 5.91 Å². The lowest BCUT2D eigenvalue weighted by Crippen LogP contribution is -2.31. The van der Waals surface area contributed by atoms with Crippen LogP contribution in [0.4, 0.5) is 0 Å². The summed E-state index contributed by atoms with van der Waals surface area (Å²) in [6.45, 7) is 3.96. The Labute approximate surface area is 133 Å². The second kappa shape index (κ2) is 7.27. The van der Waals surface area contributed by atoms with Crippen LogP contribution in [-0.4, -0.2) is 12.5 Å². The van der Waals surface area contributed by atoms with Gasteiger partial charge in [-0.15, -0.1) is 0 Å². The van der Waals surface area contributed by atoms with E-state index in [0.29, 0.717) is 5.75 Å². The minimum Gasteiger partial charge on any atom is -0.483 e. The molecule has 0 aromatic heterocycles. The molecule has 21 heavy (non-hydrogen) atoms. The Hall–Kier alpha value is -1.81. The van der Waals surface area contributed by atoms with Crippen LogP contribution in [0.2, 0.25) is 0 Å². The molecular formula is C17H18BrNO2. The van der Waals surface area contributed by atoms with Gasteiger partial charge in [-0.3, -0.25) is 4.79 Å². The number of rotatable bonds is 5. The van der Waals surface area contributed by atoms with Gasteiger partial charge in [0, 0.05) is 0 Å². The van der Waals surface area contributed by atoms with Crippen molar-refractivity contribution in [2.75, 3.05) is 6.61 Å². The van der Waals surface area contributed by atoms with Crippen LogP contribution in [0.15, 0.2) is 53.0 Å². The van der Waals surface area contributed by atoms with E-state index < -0.39 is 0 Å². The van der Waals surface area contributed by atoms with E-state index in [2.05, 4.69) is 21.2 Å². The Kier molecular flexibility index (Phi) is 5.39. The summed E-state index contributed by atoms with van der Waals surface area (Å²) in [5, 5.41) is 2.92. The van der Waals surface area contributed by atoms with Gasteiger partial charge in [0.15, 0.2) is 6.61 Å². The standard InChI is InChI=1S/C17H18BrNO2/c1-12-8-9-16(15(18)10-12)21-11-17(20)19-13(2)14-6-4-3-5-7-14/h3-10,13H,11H2,1-2H3,(H,19,20)/t13-/m0/s1. The fourth-order valence-corrected chi connectivity index (χ4v) is 2.58. The maximum absolute atomic E-state index is 11.9. The average Bonchev–Trinajstić information content (AvgIpc) is 2.47. The number of benzene rings is 2. The number of aryl methyl sites for hydroxylation is 1. The molecule has 1 amide bonds. The van der Waals surface area contributed by atoms with Crippen LogP contribution >= 0.6 is 15.9 Å². The summed E-state index contributed by atoms with van der Waals surface area (Å²) in [4.78, 5) is 11.9. The monoisotopic (exact) mass is 347 g/mol. The van der Waals surface area contributed by atoms with Crippen molar-refractivity contribution in [1.82, 2.24) is 5.32 Å². The van der Waals surface area contributed by atoms with Gasteiger partial charge in [0.05, 0.1) is 10.5 Å². The third-order valence-corrected chi connectivity index (χ3v) is 3.74. The molecule has 0 spiro atoms. The topological polar surface area (TPSA) is 38.3 Å². The van der Waals surface area contributed by atoms with E-state index in [9.17, 15) is 4.79 Å². The van der Waals surface area contributed by atoms with Crippen molar-refractivity contribution in [3.8, 4) is 5.75 Å². The molecule has 3 nitrogen and oxygen atoms in total. The molecular weight excluding hydrogens is 330 g/mol. The minimum absolute atomic E-state index is 0.00116. The van der Waals surface area contributed by atoms with Gasteiger partial charge in [-0.2, -0.15) is 0 Å². The predicted octanol–water partition coefficient (Wildman–Crippen LogP) is 4.01. The molecule has 2 aromatic rings. The first-order valence-corrected chi connectivity index (χ1v) is 7.59. The molecule has 1 N–H and O–H groups in total. The zero-order valence-electron chi connectivity index (χ0n) is 12.1. The zero-order valence-corrected chi connectivity index (χ0v) is 13.7. The largest absolute Gasteiger partial charge is 0.483 e. The second-order valence-electron chi connectivity index (χ2n) is 4.92. The van der Waals surface area contributed by atoms with Crippen LogP contribution in [0.3, 0.4) is 0 Å². The van der Waals surface area contributed by atoms with Gasteiger partial charge < -0.3 is 10.1 Å². The van der Waals surface area contributed by atoms with E-state index in [-0.39, 0.29) is 18.6 Å². The second-order valence-corrected chi connectivity index (χ2v) is 5.78. The Bertz CT molecular complexity index is 613. The van der Waals surface area contributed by atoms with Crippen LogP contribution in [0.1, 0.15) is 24.1 Å². The molecule has 2 aromatic carbocycles. The van der Waals surface area contributed by atoms with Gasteiger partial charge in [-0.25, -0.2) is 0 Å². The third kappa shape index (κ3) is 4.60. The van der Waals surface area contributed by atoms with Gasteiger partial charge in [0.1, 0.15) is 5.75 Å². The zero-order chi connectivity index (χ0) is 15.2. The number of hydrogen-bond acceptors (Lipinski definition) is 2. The Morgan fingerprint density at radius 3 is 2.62 bits per heavy atom. The van der Waals surface area contributed by atoms with E-state index in [1.54, 1.807) is 0 Å². The Morgan fingerprint density at radius 2 is 1.95 bits per heavy atom. The molecule has 2 rings (SSSR count). The molecule has 0 fully saturated rings. The highest BCUT2D eigenvalue weighted by atomic mass is 79.9. The number of ether oxygens (including phenoxy) is 1. The molecule has 1 atom stereocenters. The molecule has 0 saturated carbocycles. The van der Waals surface area contributed by atoms with Gasteiger partial charge in [0.2, 0.25) is 0 Å². The lowest BCUT2D eigenvalue weighted by Gasteiger charge is -2.15. The van der Waals surface area contributed by atoms with Crippen LogP contribution in [0.5, 0.6) is 5.75 Å². The predicted molar refractivity (Wildman–Crippen MR) is 87.4 cm³/mol. The first-order valence-electron chi connectivity index (χ1n) is 6.79. The fourth-order valence-electron chi connectivity index (χ4n) is 1.97. The highest BCUT2D eigenvalue weighted by molar-refractivity contribution is 9.10. The molecule has 0 heterocycles. The van der Waals surface area contributed by atoms with Crippen LogP contribution in [-0.2, 0) is 4.79 Å². The lowest BCUT2D eigenvalue weighted by molar-refractivity contribution is -0.123. The molecule has 0 aliphatic heterocycles. The van der Waals surface area contributed by atoms with Gasteiger partial charge in [-0.1, -0.05) is 36.4 Å². The van der Waals surface area contributed by atoms with Crippen molar-refractivity contribution in [2.45, 2.75) is 19.9 Å². The molecule has 0 aliphatic carbocycles. The average molecular weight is 348 g/mol. The highest BCUT2D eigenvalue weighted by Crippen LogP contribution is 2.25. The first-order chi connectivity index (χ1) is 10.1. The fraction of sp³-hybridized carbons (Fsp3) is 0.235.